The molecule has 2 aromatic heterocycles. The van der Waals surface area contributed by atoms with Gasteiger partial charge in [0.15, 0.2) is 0 Å². The first-order valence-electron chi connectivity index (χ1n) is 11.6. The Morgan fingerprint density at radius 2 is 1.72 bits per heavy atom. The highest BCUT2D eigenvalue weighted by atomic mass is 16.5. The second kappa shape index (κ2) is 11.3. The van der Waals surface area contributed by atoms with Crippen molar-refractivity contribution < 1.29 is 18.7 Å². The lowest BCUT2D eigenvalue weighted by atomic mass is 10.0. The first-order chi connectivity index (χ1) is 17.5. The molecule has 2 amide bonds. The van der Waals surface area contributed by atoms with E-state index in [9.17, 15) is 9.59 Å². The Bertz CT molecular complexity index is 1270. The quantitative estimate of drug-likeness (QED) is 0.350. The van der Waals surface area contributed by atoms with E-state index >= 15 is 0 Å². The molecule has 1 atom stereocenters. The zero-order valence-electron chi connectivity index (χ0n) is 20.4. The van der Waals surface area contributed by atoms with Gasteiger partial charge in [-0.2, -0.15) is 0 Å². The number of amides is 2. The molecule has 0 aliphatic heterocycles. The molecular formula is C28H28N4O4. The fraction of sp³-hybridized carbons (Fsp3) is 0.214. The molecule has 0 saturated carbocycles. The molecule has 0 aliphatic rings. The summed E-state index contributed by atoms with van der Waals surface area (Å²) in [5, 5.41) is 2.97. The summed E-state index contributed by atoms with van der Waals surface area (Å²) >= 11 is 0. The third kappa shape index (κ3) is 5.78. The molecule has 184 valence electrons. The summed E-state index contributed by atoms with van der Waals surface area (Å²) in [6.07, 6.45) is 5.84. The first-order valence-corrected chi connectivity index (χ1v) is 11.6. The second-order valence-electron chi connectivity index (χ2n) is 8.54. The Labute approximate surface area is 210 Å². The maximum Gasteiger partial charge on any atom is 0.275 e. The minimum absolute atomic E-state index is 0.0544. The number of furan rings is 1. The van der Waals surface area contributed by atoms with Gasteiger partial charge in [0, 0.05) is 18.1 Å². The summed E-state index contributed by atoms with van der Waals surface area (Å²) in [4.78, 5) is 37.1. The van der Waals surface area contributed by atoms with Crippen molar-refractivity contribution in [3.8, 4) is 5.75 Å². The van der Waals surface area contributed by atoms with E-state index in [1.165, 1.54) is 29.8 Å². The topological polar surface area (TPSA) is 97.6 Å². The molecule has 2 heterocycles. The van der Waals surface area contributed by atoms with Crippen LogP contribution in [0.3, 0.4) is 0 Å². The van der Waals surface area contributed by atoms with Gasteiger partial charge in [-0.3, -0.25) is 14.6 Å². The lowest BCUT2D eigenvalue weighted by Crippen LogP contribution is -2.41. The summed E-state index contributed by atoms with van der Waals surface area (Å²) in [5.74, 6) is 0.710. The van der Waals surface area contributed by atoms with Gasteiger partial charge in [0.1, 0.15) is 23.2 Å². The monoisotopic (exact) mass is 484 g/mol. The van der Waals surface area contributed by atoms with E-state index in [2.05, 4.69) is 29.1 Å². The Hall–Kier alpha value is -4.46. The number of nitrogens with one attached hydrogen (secondary N) is 1. The van der Waals surface area contributed by atoms with Crippen LogP contribution in [0.2, 0.25) is 0 Å². The van der Waals surface area contributed by atoms with E-state index in [0.717, 1.165) is 5.56 Å². The zero-order valence-corrected chi connectivity index (χ0v) is 20.4. The van der Waals surface area contributed by atoms with Crippen LogP contribution in [0.25, 0.3) is 0 Å². The van der Waals surface area contributed by atoms with Gasteiger partial charge in [-0.05, 0) is 53.4 Å². The number of nitrogens with zero attached hydrogens (tertiary/aromatic N) is 3. The van der Waals surface area contributed by atoms with E-state index in [4.69, 9.17) is 9.15 Å². The Balaban J connectivity index is 1.74. The molecule has 36 heavy (non-hydrogen) atoms. The van der Waals surface area contributed by atoms with Gasteiger partial charge in [-0.15, -0.1) is 0 Å². The predicted molar refractivity (Wildman–Crippen MR) is 136 cm³/mol. The van der Waals surface area contributed by atoms with Gasteiger partial charge in [0.05, 0.1) is 26.1 Å². The molecule has 1 unspecified atom stereocenters. The molecule has 0 spiro atoms. The van der Waals surface area contributed by atoms with Crippen molar-refractivity contribution in [2.45, 2.75) is 32.4 Å². The van der Waals surface area contributed by atoms with Crippen molar-refractivity contribution in [2.24, 2.45) is 0 Å². The van der Waals surface area contributed by atoms with E-state index in [1.807, 2.05) is 24.3 Å². The van der Waals surface area contributed by atoms with Gasteiger partial charge >= 0.3 is 0 Å². The Kier molecular flexibility index (Phi) is 7.75. The van der Waals surface area contributed by atoms with Crippen molar-refractivity contribution in [1.82, 2.24) is 14.9 Å². The minimum atomic E-state index is -0.986. The number of hydrogen-bond acceptors (Lipinski definition) is 6. The van der Waals surface area contributed by atoms with Crippen molar-refractivity contribution in [3.05, 3.63) is 108 Å². The first kappa shape index (κ1) is 24.7. The lowest BCUT2D eigenvalue weighted by Gasteiger charge is -2.30. The van der Waals surface area contributed by atoms with Crippen LogP contribution in [-0.2, 0) is 11.3 Å². The molecule has 8 nitrogen and oxygen atoms in total. The smallest absolute Gasteiger partial charge is 0.275 e. The van der Waals surface area contributed by atoms with E-state index < -0.39 is 11.9 Å². The van der Waals surface area contributed by atoms with E-state index in [0.29, 0.717) is 28.7 Å². The maximum absolute atomic E-state index is 13.8. The fourth-order valence-corrected chi connectivity index (χ4v) is 3.83. The molecule has 0 fully saturated rings. The number of carbonyl (C=O) groups is 2. The van der Waals surface area contributed by atoms with E-state index in [-0.39, 0.29) is 18.1 Å². The Morgan fingerprint density at radius 1 is 1.00 bits per heavy atom. The largest absolute Gasteiger partial charge is 0.497 e. The third-order valence-electron chi connectivity index (χ3n) is 5.79. The number of ether oxygens (including phenoxy) is 1. The van der Waals surface area contributed by atoms with Gasteiger partial charge in [-0.25, -0.2) is 4.98 Å². The number of carbonyl (C=O) groups excluding carboxylic acids is 2. The van der Waals surface area contributed by atoms with Crippen LogP contribution in [-0.4, -0.2) is 33.8 Å². The summed E-state index contributed by atoms with van der Waals surface area (Å²) in [5.41, 5.74) is 2.53. The maximum atomic E-state index is 13.8. The molecule has 1 N–H and O–H groups in total. The number of anilines is 1. The second-order valence-corrected chi connectivity index (χ2v) is 8.54. The number of methoxy groups -OCH3 is 1. The molecule has 8 heteroatoms. The van der Waals surface area contributed by atoms with Crippen LogP contribution < -0.4 is 10.1 Å². The predicted octanol–water partition coefficient (Wildman–Crippen LogP) is 5.22. The molecule has 0 saturated heterocycles. The van der Waals surface area contributed by atoms with Crippen LogP contribution in [0.5, 0.6) is 5.75 Å². The standard InChI is InChI=1S/C28H28N4O4/c1-19(2)20-6-10-22(11-7-20)31-27(33)26(21-8-12-23(35-3)13-9-21)32(18-24-5-4-16-36-24)28(34)25-17-29-14-15-30-25/h4-17,19,26H,18H2,1-3H3,(H,31,33). The lowest BCUT2D eigenvalue weighted by molar-refractivity contribution is -0.121. The SMILES string of the molecule is COc1ccc(C(C(=O)Nc2ccc(C(C)C)cc2)N(Cc2ccco2)C(=O)c2cnccn2)cc1. The third-order valence-corrected chi connectivity index (χ3v) is 5.79. The average Bonchev–Trinajstić information content (AvgIpc) is 3.42. The van der Waals surface area contributed by atoms with Crippen molar-refractivity contribution in [1.29, 1.82) is 0 Å². The normalized spacial score (nSPS) is 11.7. The van der Waals surface area contributed by atoms with Crippen molar-refractivity contribution >= 4 is 17.5 Å². The summed E-state index contributed by atoms with van der Waals surface area (Å²) < 4.78 is 10.8. The summed E-state index contributed by atoms with van der Waals surface area (Å²) in [6, 6.07) is 17.2. The van der Waals surface area contributed by atoms with Crippen LogP contribution in [0, 0.1) is 0 Å². The fourth-order valence-electron chi connectivity index (χ4n) is 3.83. The molecule has 0 radical (unpaired) electrons. The van der Waals surface area contributed by atoms with Gasteiger partial charge in [0.25, 0.3) is 11.8 Å². The molecule has 0 bridgehead atoms. The molecular weight excluding hydrogens is 456 g/mol. The number of benzene rings is 2. The molecule has 2 aromatic carbocycles. The molecule has 4 aromatic rings. The highest BCUT2D eigenvalue weighted by molar-refractivity contribution is 6.00. The van der Waals surface area contributed by atoms with Crippen molar-refractivity contribution in [2.75, 3.05) is 12.4 Å². The number of aromatic nitrogens is 2. The van der Waals surface area contributed by atoms with Gasteiger partial charge in [0.2, 0.25) is 0 Å². The number of rotatable bonds is 9. The summed E-state index contributed by atoms with van der Waals surface area (Å²) in [6.45, 7) is 4.27. The molecule has 0 aliphatic carbocycles. The van der Waals surface area contributed by atoms with Gasteiger partial charge < -0.3 is 19.4 Å². The van der Waals surface area contributed by atoms with Crippen LogP contribution >= 0.6 is 0 Å². The summed E-state index contributed by atoms with van der Waals surface area (Å²) in [7, 11) is 1.57. The minimum Gasteiger partial charge on any atom is -0.497 e. The van der Waals surface area contributed by atoms with E-state index in [1.54, 1.807) is 43.5 Å². The highest BCUT2D eigenvalue weighted by Crippen LogP contribution is 2.29. The molecule has 4 rings (SSSR count). The highest BCUT2D eigenvalue weighted by Gasteiger charge is 2.33. The average molecular weight is 485 g/mol. The van der Waals surface area contributed by atoms with Gasteiger partial charge in [-0.1, -0.05) is 38.1 Å². The van der Waals surface area contributed by atoms with Crippen molar-refractivity contribution in [3.63, 3.8) is 0 Å². The number of hydrogen-bond donors (Lipinski definition) is 1. The van der Waals surface area contributed by atoms with Crippen LogP contribution in [0.4, 0.5) is 5.69 Å². The van der Waals surface area contributed by atoms with Crippen LogP contribution in [0.15, 0.2) is 89.9 Å². The Morgan fingerprint density at radius 3 is 2.31 bits per heavy atom. The van der Waals surface area contributed by atoms with Crippen LogP contribution in [0.1, 0.15) is 53.2 Å². The zero-order chi connectivity index (χ0) is 25.5.